The normalized spacial score (nSPS) is 15.3. The Morgan fingerprint density at radius 3 is 1.70 bits per heavy atom. The molecule has 0 saturated carbocycles. The standard InChI is InChI=1S/C64H48N2/c1-63(2)55-23-13-10-19-45(55)47-32-30-42(34-57(47)63)51-36-54-53(43-31-33-48-46-20-11-14-24-56(46)64(3,4)58(48)35-43)38-61(66-62(54)50-22-9-8-18-44(50)51)41-28-26-40(27-29-41)60-37-52(39-16-6-5-7-17-39)49-21-12-15-25-59(49)65-60/h5-10,12-19,21-38H,11,20H2,1-4H3. The van der Waals surface area contributed by atoms with Gasteiger partial charge in [0.2, 0.25) is 0 Å². The van der Waals surface area contributed by atoms with Crippen LogP contribution >= 0.6 is 0 Å². The van der Waals surface area contributed by atoms with Crippen LogP contribution in [0.4, 0.5) is 0 Å². The molecule has 0 atom stereocenters. The number of para-hydroxylation sites is 1. The van der Waals surface area contributed by atoms with Crippen molar-refractivity contribution in [1.29, 1.82) is 0 Å². The zero-order chi connectivity index (χ0) is 44.3. The van der Waals surface area contributed by atoms with Gasteiger partial charge in [0.25, 0.3) is 0 Å². The second kappa shape index (κ2) is 14.4. The van der Waals surface area contributed by atoms with E-state index in [1.54, 1.807) is 0 Å². The zero-order valence-electron chi connectivity index (χ0n) is 37.8. The summed E-state index contributed by atoms with van der Waals surface area (Å²) in [5.41, 5.74) is 24.4. The van der Waals surface area contributed by atoms with Gasteiger partial charge in [-0.25, -0.2) is 9.97 Å². The molecule has 0 aliphatic heterocycles. The highest BCUT2D eigenvalue weighted by atomic mass is 14.7. The van der Waals surface area contributed by atoms with Crippen molar-refractivity contribution in [2.45, 2.75) is 51.4 Å². The van der Waals surface area contributed by atoms with Gasteiger partial charge >= 0.3 is 0 Å². The number of hydrogen-bond acceptors (Lipinski definition) is 2. The SMILES string of the molecule is CC1(C)C2=C(CCC=C2)c2ccc(-c3cc(-c4ccc(-c5cc(-c6ccccc6)c6ccccc6n5)cc4)nc4c3cc(-c3ccc5c(c3)C(C)(C)c3ccccc3-5)c3ccccc34)cc21. The Bertz CT molecular complexity index is 3730. The Hall–Kier alpha value is -7.68. The highest BCUT2D eigenvalue weighted by molar-refractivity contribution is 6.16. The van der Waals surface area contributed by atoms with Crippen LogP contribution in [0.2, 0.25) is 0 Å². The summed E-state index contributed by atoms with van der Waals surface area (Å²) >= 11 is 0. The molecule has 2 nitrogen and oxygen atoms in total. The summed E-state index contributed by atoms with van der Waals surface area (Å²) in [5.74, 6) is 0. The maximum absolute atomic E-state index is 5.63. The van der Waals surface area contributed by atoms with Crippen LogP contribution in [0.15, 0.2) is 200 Å². The highest BCUT2D eigenvalue weighted by Gasteiger charge is 2.38. The van der Waals surface area contributed by atoms with E-state index in [2.05, 4.69) is 222 Å². The third-order valence-electron chi connectivity index (χ3n) is 15.2. The maximum atomic E-state index is 5.63. The maximum Gasteiger partial charge on any atom is 0.0794 e. The molecule has 0 spiro atoms. The van der Waals surface area contributed by atoms with Crippen molar-refractivity contribution in [3.63, 3.8) is 0 Å². The number of fused-ring (bicyclic) bond motifs is 9. The van der Waals surface area contributed by atoms with Crippen molar-refractivity contribution in [3.05, 3.63) is 222 Å². The summed E-state index contributed by atoms with van der Waals surface area (Å²) in [7, 11) is 0. The smallest absolute Gasteiger partial charge is 0.0794 e. The first kappa shape index (κ1) is 38.8. The van der Waals surface area contributed by atoms with Gasteiger partial charge in [-0.1, -0.05) is 185 Å². The van der Waals surface area contributed by atoms with E-state index < -0.39 is 0 Å². The minimum atomic E-state index is -0.0973. The average Bonchev–Trinajstić information content (AvgIpc) is 3.74. The Morgan fingerprint density at radius 2 is 0.939 bits per heavy atom. The van der Waals surface area contributed by atoms with E-state index >= 15 is 0 Å². The molecule has 2 aromatic heterocycles. The molecule has 10 aromatic rings. The van der Waals surface area contributed by atoms with Gasteiger partial charge in [-0.2, -0.15) is 0 Å². The van der Waals surface area contributed by atoms with Gasteiger partial charge < -0.3 is 0 Å². The lowest BCUT2D eigenvalue weighted by Crippen LogP contribution is -2.16. The monoisotopic (exact) mass is 844 g/mol. The highest BCUT2D eigenvalue weighted by Crippen LogP contribution is 2.53. The molecule has 0 N–H and O–H groups in total. The second-order valence-electron chi connectivity index (χ2n) is 19.6. The van der Waals surface area contributed by atoms with E-state index in [0.29, 0.717) is 0 Å². The number of aromatic nitrogens is 2. The van der Waals surface area contributed by atoms with E-state index in [1.807, 2.05) is 0 Å². The number of allylic oxidation sites excluding steroid dienone is 4. The summed E-state index contributed by atoms with van der Waals surface area (Å²) in [4.78, 5) is 10.8. The van der Waals surface area contributed by atoms with Crippen molar-refractivity contribution < 1.29 is 0 Å². The topological polar surface area (TPSA) is 25.8 Å². The van der Waals surface area contributed by atoms with Crippen LogP contribution in [0.1, 0.15) is 62.8 Å². The molecular weight excluding hydrogens is 797 g/mol. The lowest BCUT2D eigenvalue weighted by atomic mass is 9.79. The summed E-state index contributed by atoms with van der Waals surface area (Å²) in [5, 5.41) is 4.68. The summed E-state index contributed by atoms with van der Waals surface area (Å²) < 4.78 is 0. The molecule has 0 fully saturated rings. The van der Waals surface area contributed by atoms with Crippen molar-refractivity contribution >= 4 is 38.2 Å². The fourth-order valence-electron chi connectivity index (χ4n) is 11.7. The molecule has 2 heteroatoms. The quantitative estimate of drug-likeness (QED) is 0.161. The Balaban J connectivity index is 1.00. The van der Waals surface area contributed by atoms with Gasteiger partial charge in [-0.05, 0) is 133 Å². The summed E-state index contributed by atoms with van der Waals surface area (Å²) in [6.07, 6.45) is 6.93. The first-order chi connectivity index (χ1) is 32.2. The minimum Gasteiger partial charge on any atom is -0.248 e. The van der Waals surface area contributed by atoms with Gasteiger partial charge in [0, 0.05) is 38.1 Å². The van der Waals surface area contributed by atoms with Crippen molar-refractivity contribution in [3.8, 4) is 67.0 Å². The van der Waals surface area contributed by atoms with Crippen LogP contribution in [0.5, 0.6) is 0 Å². The molecule has 0 radical (unpaired) electrons. The fraction of sp³-hybridized carbons (Fsp3) is 0.125. The van der Waals surface area contributed by atoms with Crippen LogP contribution in [0, 0.1) is 0 Å². The molecule has 0 amide bonds. The molecule has 8 aromatic carbocycles. The molecule has 3 aliphatic carbocycles. The van der Waals surface area contributed by atoms with Crippen molar-refractivity contribution in [2.75, 3.05) is 0 Å². The zero-order valence-corrected chi connectivity index (χ0v) is 37.8. The summed E-state index contributed by atoms with van der Waals surface area (Å²) in [6, 6.07) is 67.2. The van der Waals surface area contributed by atoms with Gasteiger partial charge in [-0.3, -0.25) is 0 Å². The molecule has 0 unspecified atom stereocenters. The van der Waals surface area contributed by atoms with Crippen molar-refractivity contribution in [2.24, 2.45) is 0 Å². The molecule has 0 bridgehead atoms. The van der Waals surface area contributed by atoms with Gasteiger partial charge in [0.05, 0.1) is 22.4 Å². The number of hydrogen-bond donors (Lipinski definition) is 0. The fourth-order valence-corrected chi connectivity index (χ4v) is 11.7. The van der Waals surface area contributed by atoms with Crippen LogP contribution in [-0.2, 0) is 10.8 Å². The molecule has 2 heterocycles. The van der Waals surface area contributed by atoms with Gasteiger partial charge in [-0.15, -0.1) is 0 Å². The molecule has 13 rings (SSSR count). The first-order valence-corrected chi connectivity index (χ1v) is 23.5. The Kier molecular flexibility index (Phi) is 8.46. The largest absolute Gasteiger partial charge is 0.248 e. The number of rotatable bonds is 5. The number of benzene rings is 8. The third kappa shape index (κ3) is 5.80. The summed E-state index contributed by atoms with van der Waals surface area (Å²) in [6.45, 7) is 9.54. The molecule has 66 heavy (non-hydrogen) atoms. The van der Waals surface area contributed by atoms with Crippen LogP contribution in [0.25, 0.3) is 105 Å². The van der Waals surface area contributed by atoms with Crippen LogP contribution < -0.4 is 0 Å². The first-order valence-electron chi connectivity index (χ1n) is 23.5. The molecule has 0 saturated heterocycles. The lowest BCUT2D eigenvalue weighted by Gasteiger charge is -2.24. The van der Waals surface area contributed by atoms with E-state index in [-0.39, 0.29) is 10.8 Å². The van der Waals surface area contributed by atoms with Crippen LogP contribution in [-0.4, -0.2) is 9.97 Å². The minimum absolute atomic E-state index is 0.0804. The molecule has 3 aliphatic rings. The van der Waals surface area contributed by atoms with Crippen molar-refractivity contribution in [1.82, 2.24) is 9.97 Å². The van der Waals surface area contributed by atoms with Gasteiger partial charge in [0.1, 0.15) is 0 Å². The van der Waals surface area contributed by atoms with E-state index in [0.717, 1.165) is 62.5 Å². The number of pyridine rings is 2. The number of nitrogens with zero attached hydrogens (tertiary/aromatic N) is 2. The van der Waals surface area contributed by atoms with Gasteiger partial charge in [0.15, 0.2) is 0 Å². The molecular formula is C64H48N2. The second-order valence-corrected chi connectivity index (χ2v) is 19.6. The van der Waals surface area contributed by atoms with E-state index in [1.165, 1.54) is 83.3 Å². The van der Waals surface area contributed by atoms with Crippen LogP contribution in [0.3, 0.4) is 0 Å². The molecule has 314 valence electrons. The predicted molar refractivity (Wildman–Crippen MR) is 278 cm³/mol. The third-order valence-corrected chi connectivity index (χ3v) is 15.2. The average molecular weight is 845 g/mol. The predicted octanol–water partition coefficient (Wildman–Crippen LogP) is 17.0. The van der Waals surface area contributed by atoms with E-state index in [9.17, 15) is 0 Å². The van der Waals surface area contributed by atoms with E-state index in [4.69, 9.17) is 9.97 Å². The Morgan fingerprint density at radius 1 is 0.379 bits per heavy atom. The Labute approximate surface area is 386 Å². The lowest BCUT2D eigenvalue weighted by molar-refractivity contribution is 0.651.